The van der Waals surface area contributed by atoms with Crippen LogP contribution in [-0.2, 0) is 4.79 Å². The summed E-state index contributed by atoms with van der Waals surface area (Å²) in [7, 11) is 0. The van der Waals surface area contributed by atoms with E-state index in [1.807, 2.05) is 37.3 Å². The van der Waals surface area contributed by atoms with E-state index < -0.39 is 0 Å². The van der Waals surface area contributed by atoms with Crippen LogP contribution in [0.3, 0.4) is 0 Å². The zero-order valence-corrected chi connectivity index (χ0v) is 12.0. The zero-order valence-electron chi connectivity index (χ0n) is 11.3. The summed E-state index contributed by atoms with van der Waals surface area (Å²) in [6, 6.07) is 16.5. The van der Waals surface area contributed by atoms with Crippen LogP contribution in [0.25, 0.3) is 0 Å². The molecule has 1 amide bonds. The van der Waals surface area contributed by atoms with Crippen LogP contribution in [0.4, 0.5) is 5.69 Å². The second kappa shape index (κ2) is 6.96. The first-order chi connectivity index (χ1) is 9.70. The van der Waals surface area contributed by atoms with E-state index in [4.69, 9.17) is 16.3 Å². The average molecular weight is 290 g/mol. The van der Waals surface area contributed by atoms with Gasteiger partial charge in [-0.05, 0) is 43.3 Å². The number of anilines is 1. The number of nitrogens with zero attached hydrogens (tertiary/aromatic N) is 1. The molecule has 2 aromatic rings. The summed E-state index contributed by atoms with van der Waals surface area (Å²) in [4.78, 5) is 13.9. The Bertz CT molecular complexity index is 554. The van der Waals surface area contributed by atoms with E-state index in [0.29, 0.717) is 17.3 Å². The first-order valence-corrected chi connectivity index (χ1v) is 6.82. The highest BCUT2D eigenvalue weighted by Gasteiger charge is 2.14. The number of ether oxygens (including phenoxy) is 1. The molecule has 0 aliphatic carbocycles. The molecular weight excluding hydrogens is 274 g/mol. The van der Waals surface area contributed by atoms with Gasteiger partial charge in [0.1, 0.15) is 5.75 Å². The van der Waals surface area contributed by atoms with Crippen molar-refractivity contribution in [3.8, 4) is 5.75 Å². The van der Waals surface area contributed by atoms with E-state index in [-0.39, 0.29) is 12.5 Å². The van der Waals surface area contributed by atoms with Gasteiger partial charge in [-0.15, -0.1) is 0 Å². The molecule has 0 spiro atoms. The van der Waals surface area contributed by atoms with Crippen molar-refractivity contribution in [3.63, 3.8) is 0 Å². The molecule has 0 saturated carbocycles. The minimum atomic E-state index is -0.0753. The number of hydrogen-bond acceptors (Lipinski definition) is 2. The third-order valence-corrected chi connectivity index (χ3v) is 3.11. The minimum Gasteiger partial charge on any atom is -0.484 e. The fourth-order valence-electron chi connectivity index (χ4n) is 1.86. The molecule has 0 aliphatic rings. The van der Waals surface area contributed by atoms with Crippen LogP contribution in [0.15, 0.2) is 54.6 Å². The van der Waals surface area contributed by atoms with Crippen LogP contribution in [0.1, 0.15) is 6.92 Å². The highest BCUT2D eigenvalue weighted by atomic mass is 35.5. The van der Waals surface area contributed by atoms with Crippen LogP contribution in [0, 0.1) is 0 Å². The molecule has 2 aromatic carbocycles. The maximum Gasteiger partial charge on any atom is 0.264 e. The van der Waals surface area contributed by atoms with Gasteiger partial charge in [-0.2, -0.15) is 0 Å². The van der Waals surface area contributed by atoms with Crippen LogP contribution in [0.5, 0.6) is 5.75 Å². The fourth-order valence-corrected chi connectivity index (χ4v) is 1.99. The van der Waals surface area contributed by atoms with Crippen LogP contribution >= 0.6 is 11.6 Å². The van der Waals surface area contributed by atoms with Crippen molar-refractivity contribution < 1.29 is 9.53 Å². The third kappa shape index (κ3) is 3.75. The van der Waals surface area contributed by atoms with E-state index in [1.165, 1.54) is 0 Å². The summed E-state index contributed by atoms with van der Waals surface area (Å²) in [6.45, 7) is 2.55. The molecule has 0 atom stereocenters. The number of rotatable bonds is 5. The molecular formula is C16H16ClNO2. The molecule has 0 aromatic heterocycles. The third-order valence-electron chi connectivity index (χ3n) is 2.86. The molecule has 0 radical (unpaired) electrons. The van der Waals surface area contributed by atoms with Crippen molar-refractivity contribution >= 4 is 23.2 Å². The van der Waals surface area contributed by atoms with E-state index in [9.17, 15) is 4.79 Å². The van der Waals surface area contributed by atoms with Gasteiger partial charge in [0, 0.05) is 17.3 Å². The van der Waals surface area contributed by atoms with Crippen LogP contribution in [-0.4, -0.2) is 19.1 Å². The van der Waals surface area contributed by atoms with Gasteiger partial charge in [0.15, 0.2) is 6.61 Å². The summed E-state index contributed by atoms with van der Waals surface area (Å²) in [6.07, 6.45) is 0. The Hall–Kier alpha value is -2.00. The molecule has 20 heavy (non-hydrogen) atoms. The van der Waals surface area contributed by atoms with Gasteiger partial charge < -0.3 is 9.64 Å². The average Bonchev–Trinajstić information content (AvgIpc) is 2.48. The van der Waals surface area contributed by atoms with Gasteiger partial charge in [0.25, 0.3) is 5.91 Å². The predicted octanol–water partition coefficient (Wildman–Crippen LogP) is 3.77. The molecule has 3 nitrogen and oxygen atoms in total. The van der Waals surface area contributed by atoms with Crippen LogP contribution in [0.2, 0.25) is 5.02 Å². The number of para-hydroxylation sites is 1. The Morgan fingerprint density at radius 3 is 2.35 bits per heavy atom. The molecule has 104 valence electrons. The van der Waals surface area contributed by atoms with Crippen molar-refractivity contribution in [2.75, 3.05) is 18.1 Å². The number of carbonyl (C=O) groups is 1. The summed E-state index contributed by atoms with van der Waals surface area (Å²) >= 11 is 5.80. The Morgan fingerprint density at radius 2 is 1.75 bits per heavy atom. The number of likely N-dealkylation sites (N-methyl/N-ethyl adjacent to an activating group) is 1. The zero-order chi connectivity index (χ0) is 14.4. The highest BCUT2D eigenvalue weighted by molar-refractivity contribution is 6.30. The Balaban J connectivity index is 1.98. The molecule has 0 saturated heterocycles. The summed E-state index contributed by atoms with van der Waals surface area (Å²) in [5.74, 6) is 0.556. The lowest BCUT2D eigenvalue weighted by Crippen LogP contribution is -2.34. The lowest BCUT2D eigenvalue weighted by atomic mass is 10.3. The van der Waals surface area contributed by atoms with Gasteiger partial charge >= 0.3 is 0 Å². The standard InChI is InChI=1S/C16H16ClNO2/c1-2-18(14-6-4-3-5-7-14)16(19)12-20-15-10-8-13(17)9-11-15/h3-11H,2,12H2,1H3. The number of carbonyl (C=O) groups excluding carboxylic acids is 1. The van der Waals surface area contributed by atoms with Crippen molar-refractivity contribution in [1.82, 2.24) is 0 Å². The summed E-state index contributed by atoms with van der Waals surface area (Å²) < 4.78 is 5.48. The van der Waals surface area contributed by atoms with Gasteiger partial charge in [0.05, 0.1) is 0 Å². The topological polar surface area (TPSA) is 29.5 Å². The molecule has 0 N–H and O–H groups in total. The number of halogens is 1. The van der Waals surface area contributed by atoms with E-state index >= 15 is 0 Å². The highest BCUT2D eigenvalue weighted by Crippen LogP contribution is 2.17. The first-order valence-electron chi connectivity index (χ1n) is 6.44. The van der Waals surface area contributed by atoms with Gasteiger partial charge in [-0.25, -0.2) is 0 Å². The summed E-state index contributed by atoms with van der Waals surface area (Å²) in [5.41, 5.74) is 0.875. The predicted molar refractivity (Wildman–Crippen MR) is 81.4 cm³/mol. The molecule has 0 bridgehead atoms. The molecule has 0 heterocycles. The normalized spacial score (nSPS) is 10.1. The Morgan fingerprint density at radius 1 is 1.10 bits per heavy atom. The second-order valence-corrected chi connectivity index (χ2v) is 4.65. The number of benzene rings is 2. The first kappa shape index (κ1) is 14.4. The van der Waals surface area contributed by atoms with Gasteiger partial charge in [-0.3, -0.25) is 4.79 Å². The smallest absolute Gasteiger partial charge is 0.264 e. The molecule has 0 aliphatic heterocycles. The van der Waals surface area contributed by atoms with Crippen molar-refractivity contribution in [3.05, 3.63) is 59.6 Å². The maximum atomic E-state index is 12.2. The lowest BCUT2D eigenvalue weighted by Gasteiger charge is -2.21. The monoisotopic (exact) mass is 289 g/mol. The molecule has 0 fully saturated rings. The number of amides is 1. The minimum absolute atomic E-state index is 0.00433. The molecule has 0 unspecified atom stereocenters. The van der Waals surface area contributed by atoms with Crippen molar-refractivity contribution in [1.29, 1.82) is 0 Å². The van der Waals surface area contributed by atoms with E-state index in [1.54, 1.807) is 29.2 Å². The van der Waals surface area contributed by atoms with Crippen molar-refractivity contribution in [2.24, 2.45) is 0 Å². The fraction of sp³-hybridized carbons (Fsp3) is 0.188. The van der Waals surface area contributed by atoms with Gasteiger partial charge in [0.2, 0.25) is 0 Å². The SMILES string of the molecule is CCN(C(=O)COc1ccc(Cl)cc1)c1ccccc1. The second-order valence-electron chi connectivity index (χ2n) is 4.22. The largest absolute Gasteiger partial charge is 0.484 e. The summed E-state index contributed by atoms with van der Waals surface area (Å²) in [5, 5.41) is 0.642. The molecule has 4 heteroatoms. The van der Waals surface area contributed by atoms with E-state index in [2.05, 4.69) is 0 Å². The lowest BCUT2D eigenvalue weighted by molar-refractivity contribution is -0.120. The van der Waals surface area contributed by atoms with Crippen LogP contribution < -0.4 is 9.64 Å². The van der Waals surface area contributed by atoms with Crippen molar-refractivity contribution in [2.45, 2.75) is 6.92 Å². The quantitative estimate of drug-likeness (QED) is 0.838. The number of hydrogen-bond donors (Lipinski definition) is 0. The maximum absolute atomic E-state index is 12.2. The Labute approximate surface area is 123 Å². The molecule has 2 rings (SSSR count). The van der Waals surface area contributed by atoms with Gasteiger partial charge in [-0.1, -0.05) is 29.8 Å². The van der Waals surface area contributed by atoms with E-state index in [0.717, 1.165) is 5.69 Å². The Kier molecular flexibility index (Phi) is 5.02.